The third-order valence-corrected chi connectivity index (χ3v) is 2.21. The van der Waals surface area contributed by atoms with Crippen LogP contribution in [-0.2, 0) is 9.53 Å². The Hall–Kier alpha value is -1.02. The van der Waals surface area contributed by atoms with Gasteiger partial charge in [0.2, 0.25) is 5.56 Å². The highest BCUT2D eigenvalue weighted by molar-refractivity contribution is 6.20. The minimum Gasteiger partial charge on any atom is -0.441 e. The van der Waals surface area contributed by atoms with Gasteiger partial charge in [0.25, 0.3) is 0 Å². The number of rotatable bonds is 4. The van der Waals surface area contributed by atoms with Crippen LogP contribution in [0.5, 0.6) is 0 Å². The van der Waals surface area contributed by atoms with Crippen LogP contribution >= 0.6 is 11.6 Å². The molecule has 0 aliphatic rings. The van der Waals surface area contributed by atoms with E-state index in [0.717, 1.165) is 5.56 Å². The number of hydrogen-bond acceptors (Lipinski definition) is 2. The lowest BCUT2D eigenvalue weighted by molar-refractivity contribution is -0.146. The van der Waals surface area contributed by atoms with Crippen molar-refractivity contribution >= 4 is 17.6 Å². The largest absolute Gasteiger partial charge is 0.441 e. The third kappa shape index (κ3) is 4.34. The van der Waals surface area contributed by atoms with E-state index in [1.165, 1.54) is 0 Å². The van der Waals surface area contributed by atoms with Crippen LogP contribution in [0.25, 0.3) is 0 Å². The molecule has 0 saturated carbocycles. The number of halogens is 1. The van der Waals surface area contributed by atoms with Gasteiger partial charge >= 0.3 is 5.97 Å². The Bertz CT molecular complexity index is 309. The molecule has 1 aromatic rings. The first-order chi connectivity index (χ1) is 7.09. The fourth-order valence-corrected chi connectivity index (χ4v) is 1.41. The van der Waals surface area contributed by atoms with E-state index < -0.39 is 5.56 Å². The maximum absolute atomic E-state index is 11.3. The molecule has 0 saturated heterocycles. The predicted octanol–water partition coefficient (Wildman–Crippen LogP) is 3.51. The number of alkyl halides is 1. The zero-order valence-electron chi connectivity index (χ0n) is 8.94. The minimum absolute atomic E-state index is 0.256. The van der Waals surface area contributed by atoms with Gasteiger partial charge in [-0.1, -0.05) is 55.8 Å². The second-order valence-corrected chi connectivity index (χ2v) is 4.21. The van der Waals surface area contributed by atoms with Crippen LogP contribution in [0.3, 0.4) is 0 Å². The van der Waals surface area contributed by atoms with Gasteiger partial charge in [0, 0.05) is 12.0 Å². The molecule has 15 heavy (non-hydrogen) atoms. The maximum atomic E-state index is 11.3. The van der Waals surface area contributed by atoms with E-state index in [1.54, 1.807) is 0 Å². The summed E-state index contributed by atoms with van der Waals surface area (Å²) in [5, 5.41) is 0. The van der Waals surface area contributed by atoms with E-state index in [4.69, 9.17) is 16.3 Å². The van der Waals surface area contributed by atoms with Gasteiger partial charge in [-0.15, -0.1) is 0 Å². The summed E-state index contributed by atoms with van der Waals surface area (Å²) in [6.07, 6.45) is 0.399. The summed E-state index contributed by atoms with van der Waals surface area (Å²) in [7, 11) is 0. The molecule has 0 aliphatic carbocycles. The van der Waals surface area contributed by atoms with Crippen molar-refractivity contribution in [3.63, 3.8) is 0 Å². The Balaban J connectivity index is 2.49. The molecule has 0 radical (unpaired) electrons. The van der Waals surface area contributed by atoms with Crippen molar-refractivity contribution in [3.8, 4) is 0 Å². The molecular formula is C12H15ClO2. The summed E-state index contributed by atoms with van der Waals surface area (Å²) in [5.74, 6) is 0.0333. The Kier molecular flexibility index (Phi) is 4.63. The molecule has 0 bridgehead atoms. The smallest absolute Gasteiger partial charge is 0.307 e. The van der Waals surface area contributed by atoms with Gasteiger partial charge in [-0.05, 0) is 5.92 Å². The Morgan fingerprint density at radius 2 is 1.93 bits per heavy atom. The molecule has 1 atom stereocenters. The molecule has 3 heteroatoms. The molecule has 0 aromatic heterocycles. The topological polar surface area (TPSA) is 26.3 Å². The summed E-state index contributed by atoms with van der Waals surface area (Å²) in [5.41, 5.74) is 0.119. The highest BCUT2D eigenvalue weighted by Gasteiger charge is 2.13. The van der Waals surface area contributed by atoms with Crippen LogP contribution in [0, 0.1) is 5.92 Å². The molecule has 2 nitrogen and oxygen atoms in total. The monoisotopic (exact) mass is 226 g/mol. The van der Waals surface area contributed by atoms with E-state index in [0.29, 0.717) is 6.42 Å². The number of esters is 1. The molecule has 1 unspecified atom stereocenters. The average Bonchev–Trinajstić information content (AvgIpc) is 2.17. The van der Waals surface area contributed by atoms with Crippen molar-refractivity contribution in [2.75, 3.05) is 0 Å². The lowest BCUT2D eigenvalue weighted by atomic mass is 10.1. The van der Waals surface area contributed by atoms with Gasteiger partial charge in [-0.25, -0.2) is 0 Å². The summed E-state index contributed by atoms with van der Waals surface area (Å²) in [6, 6.07) is 9.28. The van der Waals surface area contributed by atoms with Crippen molar-refractivity contribution in [2.45, 2.75) is 25.8 Å². The summed E-state index contributed by atoms with van der Waals surface area (Å²) < 4.78 is 5.07. The predicted molar refractivity (Wildman–Crippen MR) is 60.6 cm³/mol. The number of benzene rings is 1. The van der Waals surface area contributed by atoms with Gasteiger partial charge in [0.1, 0.15) is 0 Å². The summed E-state index contributed by atoms with van der Waals surface area (Å²) in [6.45, 7) is 3.93. The third-order valence-electron chi connectivity index (χ3n) is 1.87. The SMILES string of the molecule is CC(C)CC(=O)OC(Cl)c1ccccc1. The molecule has 0 aliphatic heterocycles. The first-order valence-electron chi connectivity index (χ1n) is 4.98. The van der Waals surface area contributed by atoms with Gasteiger partial charge in [-0.2, -0.15) is 0 Å². The van der Waals surface area contributed by atoms with Gasteiger partial charge in [0.05, 0.1) is 0 Å². The van der Waals surface area contributed by atoms with E-state index in [1.807, 2.05) is 44.2 Å². The van der Waals surface area contributed by atoms with Crippen LogP contribution in [0.4, 0.5) is 0 Å². The highest BCUT2D eigenvalue weighted by Crippen LogP contribution is 2.22. The Labute approximate surface area is 95.2 Å². The van der Waals surface area contributed by atoms with Crippen molar-refractivity contribution in [1.29, 1.82) is 0 Å². The first-order valence-corrected chi connectivity index (χ1v) is 5.41. The molecule has 1 aromatic carbocycles. The van der Waals surface area contributed by atoms with Crippen LogP contribution < -0.4 is 0 Å². The second-order valence-electron chi connectivity index (χ2n) is 3.81. The zero-order chi connectivity index (χ0) is 11.3. The molecule has 0 amide bonds. The minimum atomic E-state index is -0.683. The van der Waals surface area contributed by atoms with Crippen LogP contribution in [0.15, 0.2) is 30.3 Å². The Morgan fingerprint density at radius 3 is 2.47 bits per heavy atom. The van der Waals surface area contributed by atoms with Crippen molar-refractivity contribution in [1.82, 2.24) is 0 Å². The number of ether oxygens (including phenoxy) is 1. The van der Waals surface area contributed by atoms with Crippen molar-refractivity contribution in [3.05, 3.63) is 35.9 Å². The quantitative estimate of drug-likeness (QED) is 0.580. The number of hydrogen-bond donors (Lipinski definition) is 0. The fraction of sp³-hybridized carbons (Fsp3) is 0.417. The second kappa shape index (κ2) is 5.76. The fourth-order valence-electron chi connectivity index (χ4n) is 1.17. The highest BCUT2D eigenvalue weighted by atomic mass is 35.5. The molecule has 0 spiro atoms. The number of carbonyl (C=O) groups excluding carboxylic acids is 1. The molecule has 0 fully saturated rings. The van der Waals surface area contributed by atoms with E-state index in [2.05, 4.69) is 0 Å². The number of carbonyl (C=O) groups is 1. The van der Waals surface area contributed by atoms with Crippen molar-refractivity contribution < 1.29 is 9.53 Å². The van der Waals surface area contributed by atoms with E-state index in [-0.39, 0.29) is 11.9 Å². The van der Waals surface area contributed by atoms with Crippen LogP contribution in [0.2, 0.25) is 0 Å². The molecule has 0 N–H and O–H groups in total. The maximum Gasteiger partial charge on any atom is 0.307 e. The average molecular weight is 227 g/mol. The van der Waals surface area contributed by atoms with Gasteiger partial charge < -0.3 is 4.74 Å². The standard InChI is InChI=1S/C12H15ClO2/c1-9(2)8-11(14)15-12(13)10-6-4-3-5-7-10/h3-7,9,12H,8H2,1-2H3. The van der Waals surface area contributed by atoms with Crippen LogP contribution in [0.1, 0.15) is 31.4 Å². The van der Waals surface area contributed by atoms with E-state index in [9.17, 15) is 4.79 Å². The van der Waals surface area contributed by atoms with Crippen molar-refractivity contribution in [2.24, 2.45) is 5.92 Å². The first kappa shape index (κ1) is 12.1. The summed E-state index contributed by atoms with van der Waals surface area (Å²) >= 11 is 5.94. The molecule has 82 valence electrons. The van der Waals surface area contributed by atoms with Crippen LogP contribution in [-0.4, -0.2) is 5.97 Å². The van der Waals surface area contributed by atoms with Gasteiger partial charge in [0.15, 0.2) is 0 Å². The molecule has 1 rings (SSSR count). The Morgan fingerprint density at radius 1 is 1.33 bits per heavy atom. The zero-order valence-corrected chi connectivity index (χ0v) is 9.70. The van der Waals surface area contributed by atoms with E-state index >= 15 is 0 Å². The molecule has 0 heterocycles. The summed E-state index contributed by atoms with van der Waals surface area (Å²) in [4.78, 5) is 11.3. The normalized spacial score (nSPS) is 12.5. The molecular weight excluding hydrogens is 212 g/mol. The van der Waals surface area contributed by atoms with Gasteiger partial charge in [-0.3, -0.25) is 4.79 Å². The lowest BCUT2D eigenvalue weighted by Crippen LogP contribution is -2.09. The lowest BCUT2D eigenvalue weighted by Gasteiger charge is -2.12.